The van der Waals surface area contributed by atoms with Crippen molar-refractivity contribution in [3.8, 4) is 11.5 Å². The Morgan fingerprint density at radius 2 is 1.74 bits per heavy atom. The number of hydrogen-bond acceptors (Lipinski definition) is 4. The van der Waals surface area contributed by atoms with E-state index < -0.39 is 68.3 Å². The number of aromatic nitrogens is 1. The first kappa shape index (κ1) is 26.2. The van der Waals surface area contributed by atoms with Gasteiger partial charge in [0.25, 0.3) is 0 Å². The summed E-state index contributed by atoms with van der Waals surface area (Å²) in [4.78, 5) is 24.6. The fourth-order valence-corrected chi connectivity index (χ4v) is 3.98. The second kappa shape index (κ2) is 9.31. The number of hydrogen-bond donors (Lipinski definition) is 3. The number of halogens is 6. The number of carbonyl (C=O) groups is 1. The highest BCUT2D eigenvalue weighted by molar-refractivity contribution is 6.31. The van der Waals surface area contributed by atoms with E-state index in [1.807, 2.05) is 0 Å². The molecule has 0 bridgehead atoms. The molecule has 2 atom stereocenters. The highest BCUT2D eigenvalue weighted by Crippen LogP contribution is 2.50. The summed E-state index contributed by atoms with van der Waals surface area (Å²) in [5, 5.41) is 19.4. The summed E-state index contributed by atoms with van der Waals surface area (Å²) in [7, 11) is 0. The van der Waals surface area contributed by atoms with Crippen LogP contribution in [0.2, 0.25) is 5.02 Å². The molecule has 0 saturated carbocycles. The van der Waals surface area contributed by atoms with E-state index >= 15 is 0 Å². The van der Waals surface area contributed by atoms with Crippen molar-refractivity contribution in [3.63, 3.8) is 0 Å². The molecule has 3 N–H and O–H groups in total. The Bertz CT molecular complexity index is 1360. The van der Waals surface area contributed by atoms with Crippen LogP contribution in [0.4, 0.5) is 22.0 Å². The van der Waals surface area contributed by atoms with Gasteiger partial charge in [0, 0.05) is 40.4 Å². The Kier molecular flexibility index (Phi) is 6.96. The van der Waals surface area contributed by atoms with Gasteiger partial charge in [0.05, 0.1) is 5.56 Å². The second-order valence-electron chi connectivity index (χ2n) is 7.70. The number of carboxylic acid groups (broad SMARTS) is 1. The third kappa shape index (κ3) is 4.87. The molecule has 186 valence electrons. The number of H-pyrrole nitrogens is 1. The normalized spacial score (nSPS) is 14.3. The van der Waals surface area contributed by atoms with Gasteiger partial charge in [-0.05, 0) is 36.8 Å². The molecule has 0 aliphatic rings. The van der Waals surface area contributed by atoms with Crippen LogP contribution in [0.3, 0.4) is 0 Å². The lowest BCUT2D eigenvalue weighted by Gasteiger charge is -2.37. The fraction of sp³-hybridized carbons (Fsp3) is 0.217. The molecule has 0 aliphatic carbocycles. The summed E-state index contributed by atoms with van der Waals surface area (Å²) in [5.41, 5.74) is -6.20. The summed E-state index contributed by atoms with van der Waals surface area (Å²) < 4.78 is 76.3. The molecule has 3 rings (SSSR count). The first-order valence-corrected chi connectivity index (χ1v) is 10.2. The van der Waals surface area contributed by atoms with Crippen molar-refractivity contribution >= 4 is 17.6 Å². The lowest BCUT2D eigenvalue weighted by atomic mass is 9.77. The zero-order valence-corrected chi connectivity index (χ0v) is 18.8. The van der Waals surface area contributed by atoms with Crippen LogP contribution >= 0.6 is 11.6 Å². The summed E-state index contributed by atoms with van der Waals surface area (Å²) in [5.74, 6) is -6.59. The fourth-order valence-electron chi connectivity index (χ4n) is 3.66. The zero-order chi connectivity index (χ0) is 26.3. The molecule has 35 heavy (non-hydrogen) atoms. The van der Waals surface area contributed by atoms with Crippen LogP contribution in [0.25, 0.3) is 0 Å². The van der Waals surface area contributed by atoms with E-state index in [1.165, 1.54) is 6.92 Å². The van der Waals surface area contributed by atoms with Gasteiger partial charge in [-0.2, -0.15) is 13.2 Å². The number of carboxylic acids is 1. The van der Waals surface area contributed by atoms with E-state index in [0.717, 1.165) is 37.3 Å². The first-order valence-electron chi connectivity index (χ1n) is 9.86. The Morgan fingerprint density at radius 1 is 1.09 bits per heavy atom. The molecule has 0 spiro atoms. The molecule has 0 amide bonds. The topological polar surface area (TPSA) is 99.6 Å². The van der Waals surface area contributed by atoms with Crippen LogP contribution in [0.5, 0.6) is 11.5 Å². The average molecular weight is 518 g/mol. The molecular formula is C23H17ClF5NO5. The molecular weight excluding hydrogens is 501 g/mol. The number of ether oxygens (including phenoxy) is 1. The number of aromatic amines is 1. The van der Waals surface area contributed by atoms with E-state index in [9.17, 15) is 36.6 Å². The van der Waals surface area contributed by atoms with Crippen molar-refractivity contribution in [1.29, 1.82) is 0 Å². The lowest BCUT2D eigenvalue weighted by Crippen LogP contribution is -2.47. The highest BCUT2D eigenvalue weighted by Gasteiger charge is 2.59. The molecule has 6 nitrogen and oxygen atoms in total. The third-order valence-corrected chi connectivity index (χ3v) is 5.83. The number of aliphatic hydroxyl groups is 1. The molecule has 0 saturated heterocycles. The van der Waals surface area contributed by atoms with Gasteiger partial charge < -0.3 is 19.9 Å². The van der Waals surface area contributed by atoms with Gasteiger partial charge >= 0.3 is 12.1 Å². The smallest absolute Gasteiger partial charge is 0.422 e. The van der Waals surface area contributed by atoms with Crippen LogP contribution in [0.1, 0.15) is 40.0 Å². The van der Waals surface area contributed by atoms with Gasteiger partial charge in [-0.25, -0.2) is 13.6 Å². The van der Waals surface area contributed by atoms with Crippen molar-refractivity contribution in [2.45, 2.75) is 31.5 Å². The van der Waals surface area contributed by atoms with Crippen molar-refractivity contribution in [3.05, 3.63) is 91.9 Å². The molecule has 2 unspecified atom stereocenters. The Labute approximate surface area is 199 Å². The van der Waals surface area contributed by atoms with Gasteiger partial charge in [-0.15, -0.1) is 0 Å². The summed E-state index contributed by atoms with van der Waals surface area (Å²) >= 11 is 6.13. The van der Waals surface area contributed by atoms with E-state index in [-0.39, 0.29) is 11.4 Å². The molecule has 1 aromatic heterocycles. The maximum absolute atomic E-state index is 14.8. The van der Waals surface area contributed by atoms with Gasteiger partial charge in [0.15, 0.2) is 17.2 Å². The van der Waals surface area contributed by atoms with Crippen LogP contribution in [-0.4, -0.2) is 27.3 Å². The quantitative estimate of drug-likeness (QED) is 0.366. The molecule has 1 heterocycles. The number of pyridine rings is 1. The highest BCUT2D eigenvalue weighted by atomic mass is 35.5. The predicted octanol–water partition coefficient (Wildman–Crippen LogP) is 5.66. The molecule has 3 aromatic rings. The standard InChI is InChI=1S/C23H17ClF5NO5/c1-10(22(34,23(27,28)29)15-5-6-20(31)30-11(15)2)14-8-18(26)19(9-16(14)24)35-12-3-4-13(21(32)33)17(25)7-12/h3-10,34H,1-2H3,(H,30,31)(H,32,33). The number of aryl methyl sites for hydroxylation is 1. The van der Waals surface area contributed by atoms with Gasteiger partial charge in [0.2, 0.25) is 5.56 Å². The van der Waals surface area contributed by atoms with Crippen molar-refractivity contribution in [1.82, 2.24) is 4.98 Å². The van der Waals surface area contributed by atoms with Crippen LogP contribution < -0.4 is 10.3 Å². The number of nitrogens with one attached hydrogen (secondary N) is 1. The Hall–Kier alpha value is -3.44. The minimum atomic E-state index is -5.26. The van der Waals surface area contributed by atoms with E-state index in [4.69, 9.17) is 21.4 Å². The summed E-state index contributed by atoms with van der Waals surface area (Å²) in [6.45, 7) is 2.16. The maximum Gasteiger partial charge on any atom is 0.422 e. The SMILES string of the molecule is Cc1[nH]c(=O)ccc1C(O)(C(C)c1cc(F)c(Oc2ccc(C(=O)O)c(F)c2)cc1Cl)C(F)(F)F. The summed E-state index contributed by atoms with van der Waals surface area (Å²) in [6, 6.07) is 5.77. The minimum Gasteiger partial charge on any atom is -0.478 e. The minimum absolute atomic E-state index is 0.243. The van der Waals surface area contributed by atoms with Gasteiger partial charge in [0.1, 0.15) is 11.6 Å². The monoisotopic (exact) mass is 517 g/mol. The Balaban J connectivity index is 2.05. The van der Waals surface area contributed by atoms with Crippen LogP contribution in [0, 0.1) is 18.6 Å². The molecule has 0 fully saturated rings. The Morgan fingerprint density at radius 3 is 2.29 bits per heavy atom. The molecule has 2 aromatic carbocycles. The van der Waals surface area contributed by atoms with E-state index in [1.54, 1.807) is 0 Å². The van der Waals surface area contributed by atoms with Gasteiger partial charge in [-0.1, -0.05) is 18.5 Å². The van der Waals surface area contributed by atoms with E-state index in [2.05, 4.69) is 4.98 Å². The predicted molar refractivity (Wildman–Crippen MR) is 115 cm³/mol. The number of benzene rings is 2. The van der Waals surface area contributed by atoms with Crippen molar-refractivity contribution < 1.29 is 41.7 Å². The van der Waals surface area contributed by atoms with Crippen molar-refractivity contribution in [2.24, 2.45) is 0 Å². The van der Waals surface area contributed by atoms with E-state index in [0.29, 0.717) is 12.1 Å². The van der Waals surface area contributed by atoms with Crippen LogP contribution in [0.15, 0.2) is 47.3 Å². The number of aromatic carboxylic acids is 1. The number of rotatable bonds is 6. The third-order valence-electron chi connectivity index (χ3n) is 5.50. The summed E-state index contributed by atoms with van der Waals surface area (Å²) in [6.07, 6.45) is -5.26. The molecule has 0 aliphatic heterocycles. The molecule has 12 heteroatoms. The molecule has 0 radical (unpaired) electrons. The number of alkyl halides is 3. The average Bonchev–Trinajstić information content (AvgIpc) is 2.74. The van der Waals surface area contributed by atoms with Gasteiger partial charge in [-0.3, -0.25) is 4.79 Å². The second-order valence-corrected chi connectivity index (χ2v) is 8.11. The zero-order valence-electron chi connectivity index (χ0n) is 18.0. The first-order chi connectivity index (χ1) is 16.2. The van der Waals surface area contributed by atoms with Crippen molar-refractivity contribution in [2.75, 3.05) is 0 Å². The largest absolute Gasteiger partial charge is 0.478 e. The van der Waals surface area contributed by atoms with Crippen LogP contribution in [-0.2, 0) is 5.60 Å². The lowest BCUT2D eigenvalue weighted by molar-refractivity contribution is -0.274. The maximum atomic E-state index is 14.8.